The average Bonchev–Trinajstić information content (AvgIpc) is 2.34. The molecule has 18 heavy (non-hydrogen) atoms. The van der Waals surface area contributed by atoms with E-state index in [1.54, 1.807) is 12.3 Å². The van der Waals surface area contributed by atoms with Crippen LogP contribution in [0.5, 0.6) is 0 Å². The number of ketones is 1. The Hall–Kier alpha value is -1.58. The van der Waals surface area contributed by atoms with Gasteiger partial charge in [0, 0.05) is 23.5 Å². The number of anilines is 1. The minimum atomic E-state index is -0.185. The molecule has 0 aliphatic carbocycles. The van der Waals surface area contributed by atoms with E-state index in [0.29, 0.717) is 11.1 Å². The van der Waals surface area contributed by atoms with Gasteiger partial charge in [0.1, 0.15) is 0 Å². The van der Waals surface area contributed by atoms with Crippen LogP contribution in [0.15, 0.2) is 30.6 Å². The number of aryl methyl sites for hydroxylation is 1. The van der Waals surface area contributed by atoms with Crippen molar-refractivity contribution in [3.05, 3.63) is 57.3 Å². The maximum Gasteiger partial charge on any atom is 0.194 e. The summed E-state index contributed by atoms with van der Waals surface area (Å²) in [6.45, 7) is 1.87. The van der Waals surface area contributed by atoms with Crippen LogP contribution in [0.4, 0.5) is 5.69 Å². The van der Waals surface area contributed by atoms with Crippen LogP contribution < -0.4 is 5.73 Å². The summed E-state index contributed by atoms with van der Waals surface area (Å²) in [5.74, 6) is -0.185. The van der Waals surface area contributed by atoms with Crippen LogP contribution in [0.3, 0.4) is 0 Å². The maximum atomic E-state index is 12.2. The normalized spacial score (nSPS) is 10.4. The quantitative estimate of drug-likeness (QED) is 0.677. The predicted octanol–water partition coefficient (Wildman–Crippen LogP) is 3.51. The lowest BCUT2D eigenvalue weighted by Crippen LogP contribution is -2.03. The van der Waals surface area contributed by atoms with Gasteiger partial charge in [-0.15, -0.1) is 0 Å². The number of aromatic nitrogens is 1. The third kappa shape index (κ3) is 2.47. The fourth-order valence-corrected chi connectivity index (χ4v) is 2.05. The predicted molar refractivity (Wildman–Crippen MR) is 73.3 cm³/mol. The number of hydrogen-bond acceptors (Lipinski definition) is 3. The summed E-state index contributed by atoms with van der Waals surface area (Å²) in [6.07, 6.45) is 3.19. The fraction of sp³-hybridized carbons (Fsp3) is 0.0769. The van der Waals surface area contributed by atoms with Gasteiger partial charge < -0.3 is 5.73 Å². The molecule has 1 aromatic carbocycles. The first-order valence-corrected chi connectivity index (χ1v) is 5.95. The van der Waals surface area contributed by atoms with Gasteiger partial charge in [0.15, 0.2) is 5.78 Å². The third-order valence-corrected chi connectivity index (χ3v) is 3.10. The molecule has 92 valence electrons. The monoisotopic (exact) mass is 280 g/mol. The number of benzene rings is 1. The molecule has 0 unspecified atom stereocenters. The standard InChI is InChI=1S/C13H10Cl2N2O/c1-7-2-9(6-17-5-7)13(18)8-3-10(14)12(16)11(15)4-8/h2-6H,16H2,1H3. The number of pyridine rings is 1. The molecule has 0 spiro atoms. The highest BCUT2D eigenvalue weighted by molar-refractivity contribution is 6.39. The summed E-state index contributed by atoms with van der Waals surface area (Å²) >= 11 is 11.8. The maximum absolute atomic E-state index is 12.2. The molecule has 0 radical (unpaired) electrons. The topological polar surface area (TPSA) is 56.0 Å². The number of halogens is 2. The Morgan fingerprint density at radius 3 is 2.28 bits per heavy atom. The molecule has 0 saturated heterocycles. The van der Waals surface area contributed by atoms with Crippen LogP contribution in [0.2, 0.25) is 10.0 Å². The molecule has 0 saturated carbocycles. The number of nitrogen functional groups attached to an aromatic ring is 1. The van der Waals surface area contributed by atoms with Gasteiger partial charge in [-0.2, -0.15) is 0 Å². The second-order valence-corrected chi connectivity index (χ2v) is 4.75. The summed E-state index contributed by atoms with van der Waals surface area (Å²) < 4.78 is 0. The van der Waals surface area contributed by atoms with Gasteiger partial charge in [-0.05, 0) is 30.7 Å². The van der Waals surface area contributed by atoms with E-state index in [2.05, 4.69) is 4.98 Å². The second kappa shape index (κ2) is 4.96. The summed E-state index contributed by atoms with van der Waals surface area (Å²) in [5.41, 5.74) is 7.70. The molecule has 0 aliphatic rings. The molecule has 2 N–H and O–H groups in total. The van der Waals surface area contributed by atoms with Crippen LogP contribution in [-0.2, 0) is 0 Å². The molecule has 0 aliphatic heterocycles. The Balaban J connectivity index is 2.47. The molecule has 2 aromatic rings. The van der Waals surface area contributed by atoms with Crippen molar-refractivity contribution in [3.63, 3.8) is 0 Å². The molecule has 2 rings (SSSR count). The Bertz CT molecular complexity index is 603. The van der Waals surface area contributed by atoms with E-state index in [1.807, 2.05) is 6.92 Å². The van der Waals surface area contributed by atoms with E-state index in [-0.39, 0.29) is 21.5 Å². The van der Waals surface area contributed by atoms with Gasteiger partial charge in [-0.1, -0.05) is 23.2 Å². The summed E-state index contributed by atoms with van der Waals surface area (Å²) in [5, 5.41) is 0.540. The van der Waals surface area contributed by atoms with E-state index in [0.717, 1.165) is 5.56 Å². The zero-order valence-electron chi connectivity index (χ0n) is 9.58. The lowest BCUT2D eigenvalue weighted by molar-refractivity contribution is 0.103. The number of carbonyl (C=O) groups is 1. The largest absolute Gasteiger partial charge is 0.396 e. The van der Waals surface area contributed by atoms with Crippen LogP contribution in [0, 0.1) is 6.92 Å². The number of rotatable bonds is 2. The lowest BCUT2D eigenvalue weighted by Gasteiger charge is -2.06. The van der Waals surface area contributed by atoms with Crippen LogP contribution in [0.1, 0.15) is 21.5 Å². The summed E-state index contributed by atoms with van der Waals surface area (Å²) in [4.78, 5) is 16.2. The van der Waals surface area contributed by atoms with Gasteiger partial charge >= 0.3 is 0 Å². The lowest BCUT2D eigenvalue weighted by atomic mass is 10.0. The zero-order valence-corrected chi connectivity index (χ0v) is 11.1. The van der Waals surface area contributed by atoms with Gasteiger partial charge in [-0.25, -0.2) is 0 Å². The van der Waals surface area contributed by atoms with Gasteiger partial charge in [0.05, 0.1) is 15.7 Å². The van der Waals surface area contributed by atoms with Crippen molar-refractivity contribution >= 4 is 34.7 Å². The Morgan fingerprint density at radius 2 is 1.72 bits per heavy atom. The summed E-state index contributed by atoms with van der Waals surface area (Å²) in [7, 11) is 0. The van der Waals surface area contributed by atoms with E-state index < -0.39 is 0 Å². The van der Waals surface area contributed by atoms with Crippen molar-refractivity contribution in [3.8, 4) is 0 Å². The van der Waals surface area contributed by atoms with Crippen molar-refractivity contribution in [1.82, 2.24) is 4.98 Å². The third-order valence-electron chi connectivity index (χ3n) is 2.48. The van der Waals surface area contributed by atoms with Gasteiger partial charge in [-0.3, -0.25) is 9.78 Å². The summed E-state index contributed by atoms with van der Waals surface area (Å²) in [6, 6.07) is 4.77. The van der Waals surface area contributed by atoms with Crippen molar-refractivity contribution < 1.29 is 4.79 Å². The van der Waals surface area contributed by atoms with Crippen molar-refractivity contribution in [2.45, 2.75) is 6.92 Å². The highest BCUT2D eigenvalue weighted by Gasteiger charge is 2.13. The molecule has 3 nitrogen and oxygen atoms in total. The first-order chi connectivity index (χ1) is 8.49. The number of carbonyl (C=O) groups excluding carboxylic acids is 1. The highest BCUT2D eigenvalue weighted by Crippen LogP contribution is 2.29. The Kier molecular flexibility index (Phi) is 3.55. The molecule has 0 fully saturated rings. The smallest absolute Gasteiger partial charge is 0.194 e. The van der Waals surface area contributed by atoms with Crippen molar-refractivity contribution in [1.29, 1.82) is 0 Å². The molecule has 0 atom stereocenters. The first-order valence-electron chi connectivity index (χ1n) is 5.20. The molecular formula is C13H10Cl2N2O. The number of nitrogens with two attached hydrogens (primary N) is 1. The SMILES string of the molecule is Cc1cncc(C(=O)c2cc(Cl)c(N)c(Cl)c2)c1. The van der Waals surface area contributed by atoms with Crippen LogP contribution in [-0.4, -0.2) is 10.8 Å². The molecular weight excluding hydrogens is 271 g/mol. The number of hydrogen-bond donors (Lipinski definition) is 1. The van der Waals surface area contributed by atoms with E-state index in [9.17, 15) is 4.79 Å². The highest BCUT2D eigenvalue weighted by atomic mass is 35.5. The first kappa shape index (κ1) is 12.9. The Morgan fingerprint density at radius 1 is 1.11 bits per heavy atom. The van der Waals surface area contributed by atoms with E-state index in [1.165, 1.54) is 18.3 Å². The zero-order chi connectivity index (χ0) is 13.3. The molecule has 0 amide bonds. The number of nitrogens with zero attached hydrogens (tertiary/aromatic N) is 1. The van der Waals surface area contributed by atoms with Gasteiger partial charge in [0.25, 0.3) is 0 Å². The second-order valence-electron chi connectivity index (χ2n) is 3.93. The Labute approximate surface area is 115 Å². The van der Waals surface area contributed by atoms with E-state index >= 15 is 0 Å². The molecule has 5 heteroatoms. The van der Waals surface area contributed by atoms with Crippen LogP contribution >= 0.6 is 23.2 Å². The molecule has 1 heterocycles. The molecule has 1 aromatic heterocycles. The minimum absolute atomic E-state index is 0.185. The van der Waals surface area contributed by atoms with Crippen molar-refractivity contribution in [2.75, 3.05) is 5.73 Å². The van der Waals surface area contributed by atoms with E-state index in [4.69, 9.17) is 28.9 Å². The minimum Gasteiger partial charge on any atom is -0.396 e. The van der Waals surface area contributed by atoms with Gasteiger partial charge in [0.2, 0.25) is 0 Å². The van der Waals surface area contributed by atoms with Crippen LogP contribution in [0.25, 0.3) is 0 Å². The average molecular weight is 281 g/mol. The molecule has 0 bridgehead atoms. The van der Waals surface area contributed by atoms with Crippen molar-refractivity contribution in [2.24, 2.45) is 0 Å². The fourth-order valence-electron chi connectivity index (χ4n) is 1.56.